The number of rotatable bonds is 0. The molecule has 0 saturated carbocycles. The third-order valence-electron chi connectivity index (χ3n) is 0. The van der Waals surface area contributed by atoms with Crippen molar-refractivity contribution in [3.63, 3.8) is 0 Å². The van der Waals surface area contributed by atoms with E-state index in [9.17, 15) is 0 Å². The fraction of sp³-hybridized carbons (Fsp3) is 0. The van der Waals surface area contributed by atoms with Crippen molar-refractivity contribution in [2.24, 2.45) is 0 Å². The Morgan fingerprint density at radius 2 is 1.17 bits per heavy atom. The van der Waals surface area contributed by atoms with Gasteiger partial charge in [-0.2, -0.15) is 0 Å². The van der Waals surface area contributed by atoms with E-state index in [0.29, 0.717) is 0 Å². The Balaban J connectivity index is 0. The molecule has 0 N–H and O–H groups in total. The molecule has 2 radical (unpaired) electrons. The summed E-state index contributed by atoms with van der Waals surface area (Å²) in [5, 5.41) is 0. The van der Waals surface area contributed by atoms with E-state index in [1.165, 1.54) is 0 Å². The Morgan fingerprint density at radius 3 is 1.17 bits per heavy atom. The summed E-state index contributed by atoms with van der Waals surface area (Å²) in [6.45, 7) is 0. The molecule has 0 saturated heterocycles. The monoisotopic (exact) mass is 322 g/mol. The summed E-state index contributed by atoms with van der Waals surface area (Å²) in [7, 11) is 3.36. The Bertz CT molecular complexity index is 54.9. The normalized spacial score (nSPS) is 9.83. The average molecular weight is 324 g/mol. The van der Waals surface area contributed by atoms with E-state index in [2.05, 4.69) is 9.19 Å². The van der Waals surface area contributed by atoms with Gasteiger partial charge in [0.25, 0.3) is 0 Å². The summed E-state index contributed by atoms with van der Waals surface area (Å²) in [4.78, 5) is 0. The summed E-state index contributed by atoms with van der Waals surface area (Å²) in [5.74, 6) is 0. The van der Waals surface area contributed by atoms with Gasteiger partial charge >= 0.3 is 61.9 Å². The van der Waals surface area contributed by atoms with Gasteiger partial charge in [-0.1, -0.05) is 0 Å². The molecular weight excluding hydrogens is 324 g/mol. The number of hydrogen-bond acceptors (Lipinski definition) is 4. The van der Waals surface area contributed by atoms with Crippen molar-refractivity contribution in [2.75, 3.05) is 0 Å². The van der Waals surface area contributed by atoms with Crippen LogP contribution in [-0.2, 0) is 0 Å². The van der Waals surface area contributed by atoms with Crippen LogP contribution < -0.4 is 10.2 Å². The quantitative estimate of drug-likeness (QED) is 0.431. The maximum Gasteiger partial charge on any atom is 3.00 e. The molecule has 34 valence electrons. The summed E-state index contributed by atoms with van der Waals surface area (Å²) < 4.78 is 27.0. The van der Waals surface area contributed by atoms with Crippen LogP contribution in [0.25, 0.3) is 0 Å². The van der Waals surface area contributed by atoms with Gasteiger partial charge in [-0.3, -0.25) is 0 Å². The third-order valence-corrected chi connectivity index (χ3v) is 0. The molecular formula is O3SSb2. The summed E-state index contributed by atoms with van der Waals surface area (Å²) in [5.41, 5.74) is 0. The van der Waals surface area contributed by atoms with Crippen LogP contribution in [0.2, 0.25) is 0 Å². The first-order chi connectivity index (χ1) is 2.00. The van der Waals surface area contributed by atoms with E-state index in [-0.39, 0.29) is 24.4 Å². The smallest absolute Gasteiger partial charge is 3.00 e. The van der Waals surface area contributed by atoms with Crippen LogP contribution in [0.5, 0.6) is 0 Å². The summed E-state index contributed by atoms with van der Waals surface area (Å²) in [6.07, 6.45) is 0. The van der Waals surface area contributed by atoms with Gasteiger partial charge in [0.1, 0.15) is 0 Å². The minimum absolute atomic E-state index is 0. The Labute approximate surface area is 61.2 Å². The van der Waals surface area contributed by atoms with Crippen molar-refractivity contribution in [2.45, 2.75) is 0 Å². The van der Waals surface area contributed by atoms with Crippen LogP contribution in [-0.4, -0.2) is 42.5 Å². The van der Waals surface area contributed by atoms with Crippen LogP contribution in [0.4, 0.5) is 0 Å². The van der Waals surface area contributed by atoms with Crippen molar-refractivity contribution in [3.8, 4) is 0 Å². The van der Waals surface area contributed by atoms with Gasteiger partial charge in [0.05, 0.1) is 0 Å². The molecule has 0 unspecified atom stereocenters. The zero-order chi connectivity index (χ0) is 4.50. The minimum Gasteiger partial charge on any atom is 3.00 e. The van der Waals surface area contributed by atoms with Crippen molar-refractivity contribution in [3.05, 3.63) is 0 Å². The van der Waals surface area contributed by atoms with Crippen LogP contribution in [0.1, 0.15) is 0 Å². The molecule has 0 aliphatic rings. The van der Waals surface area contributed by atoms with Crippen LogP contribution in [0.15, 0.2) is 0 Å². The summed E-state index contributed by atoms with van der Waals surface area (Å²) >= 11 is -5.27. The van der Waals surface area contributed by atoms with Gasteiger partial charge in [-0.05, 0) is 0 Å². The van der Waals surface area contributed by atoms with Crippen molar-refractivity contribution in [1.82, 2.24) is 0 Å². The van der Waals surface area contributed by atoms with E-state index in [4.69, 9.17) is 10.2 Å². The second kappa shape index (κ2) is 3.70. The topological polar surface area (TPSA) is 69.2 Å². The molecule has 0 aromatic heterocycles. The SMILES string of the molecule is [O-][Sb]([O-])([O-])=[S].[Sb+3]. The van der Waals surface area contributed by atoms with Crippen molar-refractivity contribution < 1.29 is 10.2 Å². The molecule has 0 atom stereocenters. The predicted molar refractivity (Wildman–Crippen MR) is 19.1 cm³/mol. The van der Waals surface area contributed by atoms with Gasteiger partial charge in [-0.15, -0.1) is 0 Å². The van der Waals surface area contributed by atoms with Crippen LogP contribution in [0, 0.1) is 0 Å². The molecule has 0 fully saturated rings. The largest absolute Gasteiger partial charge is 3.00 e. The maximum atomic E-state index is 9.01. The number of hydrogen-bond donors (Lipinski definition) is 0. The fourth-order valence-electron chi connectivity index (χ4n) is 0. The first-order valence-electron chi connectivity index (χ1n) is 0.730. The van der Waals surface area contributed by atoms with E-state index < -0.39 is 18.1 Å². The molecule has 6 heteroatoms. The van der Waals surface area contributed by atoms with Crippen molar-refractivity contribution >= 4 is 51.7 Å². The first kappa shape index (κ1) is 10.7. The summed E-state index contributed by atoms with van der Waals surface area (Å²) in [6, 6.07) is 0. The molecule has 0 aromatic carbocycles. The molecule has 0 heterocycles. The van der Waals surface area contributed by atoms with Gasteiger partial charge in [0.2, 0.25) is 0 Å². The molecule has 0 aromatic rings. The third kappa shape index (κ3) is 42.7. The molecule has 0 aliphatic heterocycles. The van der Waals surface area contributed by atoms with E-state index >= 15 is 0 Å². The molecule has 3 nitrogen and oxygen atoms in total. The molecule has 6 heavy (non-hydrogen) atoms. The standard InChI is InChI=1S/3O.S.2Sb/q3*-1;;;+3. The Morgan fingerprint density at radius 1 is 1.17 bits per heavy atom. The second-order valence-corrected chi connectivity index (χ2v) is 6.00. The molecule has 0 spiro atoms. The van der Waals surface area contributed by atoms with Gasteiger partial charge < -0.3 is 0 Å². The van der Waals surface area contributed by atoms with E-state index in [1.54, 1.807) is 0 Å². The van der Waals surface area contributed by atoms with Crippen LogP contribution >= 0.6 is 9.19 Å². The zero-order valence-corrected chi connectivity index (χ0v) is 8.45. The molecule has 0 amide bonds. The average Bonchev–Trinajstić information content (AvgIpc) is 0.722. The van der Waals surface area contributed by atoms with Crippen molar-refractivity contribution in [1.29, 1.82) is 0 Å². The van der Waals surface area contributed by atoms with E-state index in [0.717, 1.165) is 0 Å². The Kier molecular flexibility index (Phi) is 6.59. The molecule has 0 rings (SSSR count). The maximum absolute atomic E-state index is 9.01. The van der Waals surface area contributed by atoms with Gasteiger partial charge in [0, 0.05) is 0 Å². The predicted octanol–water partition coefficient (Wildman–Crippen LogP) is -3.68. The first-order valence-corrected chi connectivity index (χ1v) is 7.35. The Hall–Kier alpha value is 1.74. The zero-order valence-electron chi connectivity index (χ0n) is 2.53. The van der Waals surface area contributed by atoms with E-state index in [1.807, 2.05) is 0 Å². The van der Waals surface area contributed by atoms with Gasteiger partial charge in [-0.25, -0.2) is 0 Å². The fourth-order valence-corrected chi connectivity index (χ4v) is 0. The minimum atomic E-state index is -5.27. The molecule has 0 aliphatic carbocycles. The molecule has 0 bridgehead atoms. The van der Waals surface area contributed by atoms with Gasteiger partial charge in [0.15, 0.2) is 0 Å². The second-order valence-electron chi connectivity index (χ2n) is 0.447. The van der Waals surface area contributed by atoms with Crippen LogP contribution in [0.3, 0.4) is 0 Å².